The van der Waals surface area contributed by atoms with Crippen molar-refractivity contribution in [3.05, 3.63) is 17.4 Å². The number of anilines is 1. The standard InChI is InChI=1S/C17H21ClF3N5O2/c1-16(2,3)28-15(27)25-6-4-24(5-7-25)14-11-9-22-26(10-17(19,20)21)12(11)8-13(18)23-14/h8-9H,4-7,10H2,1-3H3. The van der Waals surface area contributed by atoms with Gasteiger partial charge in [0.2, 0.25) is 0 Å². The first kappa shape index (κ1) is 20.5. The molecule has 28 heavy (non-hydrogen) atoms. The summed E-state index contributed by atoms with van der Waals surface area (Å²) in [6, 6.07) is 1.37. The smallest absolute Gasteiger partial charge is 0.410 e. The van der Waals surface area contributed by atoms with E-state index in [0.29, 0.717) is 37.4 Å². The molecule has 0 atom stereocenters. The Labute approximate surface area is 165 Å². The maximum Gasteiger partial charge on any atom is 0.410 e. The summed E-state index contributed by atoms with van der Waals surface area (Å²) in [5.41, 5.74) is -0.316. The third kappa shape index (κ3) is 4.78. The van der Waals surface area contributed by atoms with Gasteiger partial charge in [-0.05, 0) is 20.8 Å². The summed E-state index contributed by atoms with van der Waals surface area (Å²) in [5.74, 6) is 0.458. The first-order valence-corrected chi connectivity index (χ1v) is 9.12. The van der Waals surface area contributed by atoms with Crippen LogP contribution in [0.2, 0.25) is 5.15 Å². The number of piperazine rings is 1. The minimum absolute atomic E-state index is 0.0843. The third-order valence-corrected chi connectivity index (χ3v) is 4.34. The van der Waals surface area contributed by atoms with Gasteiger partial charge >= 0.3 is 12.3 Å². The zero-order valence-corrected chi connectivity index (χ0v) is 16.5. The van der Waals surface area contributed by atoms with Gasteiger partial charge in [0.25, 0.3) is 0 Å². The second kappa shape index (κ2) is 7.31. The quantitative estimate of drug-likeness (QED) is 0.694. The fraction of sp³-hybridized carbons (Fsp3) is 0.588. The molecule has 0 saturated carbocycles. The molecule has 2 aromatic rings. The Bertz CT molecular complexity index is 870. The maximum absolute atomic E-state index is 12.8. The number of rotatable bonds is 2. The van der Waals surface area contributed by atoms with E-state index in [2.05, 4.69) is 10.1 Å². The number of halogens is 4. The molecular weight excluding hydrogens is 399 g/mol. The number of pyridine rings is 1. The zero-order chi connectivity index (χ0) is 20.7. The van der Waals surface area contributed by atoms with E-state index in [1.54, 1.807) is 25.7 Å². The molecule has 0 bridgehead atoms. The van der Waals surface area contributed by atoms with Crippen LogP contribution in [0.1, 0.15) is 20.8 Å². The Morgan fingerprint density at radius 3 is 2.43 bits per heavy atom. The number of ether oxygens (including phenoxy) is 1. The van der Waals surface area contributed by atoms with Crippen molar-refractivity contribution >= 4 is 34.4 Å². The van der Waals surface area contributed by atoms with Gasteiger partial charge in [-0.3, -0.25) is 4.68 Å². The number of carbonyl (C=O) groups excluding carboxylic acids is 1. The average Bonchev–Trinajstić information content (AvgIpc) is 2.93. The number of fused-ring (bicyclic) bond motifs is 1. The van der Waals surface area contributed by atoms with Gasteiger partial charge in [0.15, 0.2) is 0 Å². The van der Waals surface area contributed by atoms with Gasteiger partial charge in [-0.15, -0.1) is 0 Å². The summed E-state index contributed by atoms with van der Waals surface area (Å²) in [6.45, 7) is 5.90. The monoisotopic (exact) mass is 419 g/mol. The van der Waals surface area contributed by atoms with Gasteiger partial charge in [0, 0.05) is 32.2 Å². The lowest BCUT2D eigenvalue weighted by molar-refractivity contribution is -0.141. The van der Waals surface area contributed by atoms with E-state index in [1.807, 2.05) is 4.90 Å². The molecule has 0 aromatic carbocycles. The van der Waals surface area contributed by atoms with Crippen LogP contribution in [0.25, 0.3) is 10.9 Å². The summed E-state index contributed by atoms with van der Waals surface area (Å²) in [4.78, 5) is 20.0. The van der Waals surface area contributed by atoms with Gasteiger partial charge < -0.3 is 14.5 Å². The number of nitrogens with zero attached hydrogens (tertiary/aromatic N) is 5. The molecule has 0 radical (unpaired) electrons. The molecule has 7 nitrogen and oxygen atoms in total. The summed E-state index contributed by atoms with van der Waals surface area (Å²) < 4.78 is 44.5. The molecule has 1 aliphatic rings. The molecular formula is C17H21ClF3N5O2. The van der Waals surface area contributed by atoms with Crippen molar-refractivity contribution in [2.45, 2.75) is 39.1 Å². The van der Waals surface area contributed by atoms with Crippen molar-refractivity contribution in [2.75, 3.05) is 31.1 Å². The van der Waals surface area contributed by atoms with Gasteiger partial charge in [0.05, 0.1) is 17.1 Å². The van der Waals surface area contributed by atoms with Crippen LogP contribution in [0.15, 0.2) is 12.3 Å². The molecule has 0 unspecified atom stereocenters. The van der Waals surface area contributed by atoms with Crippen molar-refractivity contribution in [3.8, 4) is 0 Å². The van der Waals surface area contributed by atoms with E-state index in [1.165, 1.54) is 12.3 Å². The fourth-order valence-electron chi connectivity index (χ4n) is 2.99. The maximum atomic E-state index is 12.8. The van der Waals surface area contributed by atoms with E-state index in [9.17, 15) is 18.0 Å². The number of amides is 1. The van der Waals surface area contributed by atoms with Gasteiger partial charge in [-0.25, -0.2) is 9.78 Å². The van der Waals surface area contributed by atoms with Crippen molar-refractivity contribution in [3.63, 3.8) is 0 Å². The Morgan fingerprint density at radius 1 is 1.21 bits per heavy atom. The summed E-state index contributed by atoms with van der Waals surface area (Å²) in [5, 5.41) is 4.42. The van der Waals surface area contributed by atoms with Crippen LogP contribution in [0.3, 0.4) is 0 Å². The highest BCUT2D eigenvalue weighted by atomic mass is 35.5. The molecule has 1 fully saturated rings. The van der Waals surface area contributed by atoms with Crippen LogP contribution in [-0.4, -0.2) is 63.7 Å². The Hall–Kier alpha value is -2.23. The molecule has 3 heterocycles. The average molecular weight is 420 g/mol. The molecule has 2 aromatic heterocycles. The predicted octanol–water partition coefficient (Wildman–Crippen LogP) is 3.70. The summed E-state index contributed by atoms with van der Waals surface area (Å²) >= 11 is 6.05. The van der Waals surface area contributed by atoms with E-state index in [4.69, 9.17) is 16.3 Å². The predicted molar refractivity (Wildman–Crippen MR) is 98.6 cm³/mol. The lowest BCUT2D eigenvalue weighted by Crippen LogP contribution is -2.50. The first-order chi connectivity index (χ1) is 12.9. The highest BCUT2D eigenvalue weighted by Gasteiger charge is 2.31. The lowest BCUT2D eigenvalue weighted by atomic mass is 10.2. The van der Waals surface area contributed by atoms with E-state index < -0.39 is 24.4 Å². The van der Waals surface area contributed by atoms with Crippen LogP contribution >= 0.6 is 11.6 Å². The van der Waals surface area contributed by atoms with Gasteiger partial charge in [-0.2, -0.15) is 18.3 Å². The number of alkyl halides is 3. The molecule has 3 rings (SSSR count). The Balaban J connectivity index is 1.79. The highest BCUT2D eigenvalue weighted by Crippen LogP contribution is 2.30. The molecule has 11 heteroatoms. The van der Waals surface area contributed by atoms with Crippen LogP contribution in [-0.2, 0) is 11.3 Å². The second-order valence-electron chi connectivity index (χ2n) is 7.57. The molecule has 1 amide bonds. The lowest BCUT2D eigenvalue weighted by Gasteiger charge is -2.36. The minimum Gasteiger partial charge on any atom is -0.444 e. The topological polar surface area (TPSA) is 63.5 Å². The number of carbonyl (C=O) groups is 1. The second-order valence-corrected chi connectivity index (χ2v) is 7.96. The van der Waals surface area contributed by atoms with Crippen molar-refractivity contribution < 1.29 is 22.7 Å². The Morgan fingerprint density at radius 2 is 1.86 bits per heavy atom. The Kier molecular flexibility index (Phi) is 5.35. The van der Waals surface area contributed by atoms with Crippen LogP contribution in [0.4, 0.5) is 23.8 Å². The van der Waals surface area contributed by atoms with Crippen molar-refractivity contribution in [2.24, 2.45) is 0 Å². The van der Waals surface area contributed by atoms with Crippen molar-refractivity contribution in [1.82, 2.24) is 19.7 Å². The van der Waals surface area contributed by atoms with Gasteiger partial charge in [0.1, 0.15) is 23.1 Å². The first-order valence-electron chi connectivity index (χ1n) is 8.75. The molecule has 0 spiro atoms. The van der Waals surface area contributed by atoms with Crippen LogP contribution < -0.4 is 4.90 Å². The van der Waals surface area contributed by atoms with Crippen molar-refractivity contribution in [1.29, 1.82) is 0 Å². The van der Waals surface area contributed by atoms with Gasteiger partial charge in [-0.1, -0.05) is 11.6 Å². The third-order valence-electron chi connectivity index (χ3n) is 4.15. The largest absolute Gasteiger partial charge is 0.444 e. The molecule has 0 N–H and O–H groups in total. The zero-order valence-electron chi connectivity index (χ0n) is 15.8. The normalized spacial score (nSPS) is 16.0. The molecule has 1 aliphatic heterocycles. The summed E-state index contributed by atoms with van der Waals surface area (Å²) in [7, 11) is 0. The number of hydrogen-bond acceptors (Lipinski definition) is 5. The minimum atomic E-state index is -4.39. The SMILES string of the molecule is CC(C)(C)OC(=O)N1CCN(c2nc(Cl)cc3c2cnn3CC(F)(F)F)CC1. The number of aromatic nitrogens is 3. The molecule has 154 valence electrons. The van der Waals surface area contributed by atoms with E-state index in [-0.39, 0.29) is 10.7 Å². The molecule has 1 saturated heterocycles. The summed E-state index contributed by atoms with van der Waals surface area (Å²) in [6.07, 6.45) is -3.43. The number of hydrogen-bond donors (Lipinski definition) is 0. The molecule has 0 aliphatic carbocycles. The van der Waals surface area contributed by atoms with Crippen LogP contribution in [0.5, 0.6) is 0 Å². The highest BCUT2D eigenvalue weighted by molar-refractivity contribution is 6.30. The van der Waals surface area contributed by atoms with E-state index in [0.717, 1.165) is 4.68 Å². The van der Waals surface area contributed by atoms with Crippen LogP contribution in [0, 0.1) is 0 Å². The van der Waals surface area contributed by atoms with E-state index >= 15 is 0 Å². The fourth-order valence-corrected chi connectivity index (χ4v) is 3.17.